The van der Waals surface area contributed by atoms with Gasteiger partial charge in [0, 0.05) is 13.2 Å². The Bertz CT molecular complexity index is 400. The number of hydrogen-bond donors (Lipinski definition) is 0. The highest BCUT2D eigenvalue weighted by molar-refractivity contribution is 5.24. The molecule has 0 bridgehead atoms. The molecular weight excluding hydrogens is 230 g/mol. The molecule has 1 unspecified atom stereocenters. The molecule has 4 heteroatoms. The van der Waals surface area contributed by atoms with Crippen molar-refractivity contribution in [3.8, 4) is 11.6 Å². The first-order valence-electron chi connectivity index (χ1n) is 6.17. The molecule has 2 rings (SSSR count). The molecule has 0 N–H and O–H groups in total. The van der Waals surface area contributed by atoms with Gasteiger partial charge in [-0.3, -0.25) is 0 Å². The van der Waals surface area contributed by atoms with E-state index in [-0.39, 0.29) is 6.10 Å². The van der Waals surface area contributed by atoms with Crippen molar-refractivity contribution in [3.63, 3.8) is 0 Å². The zero-order chi connectivity index (χ0) is 12.8. The van der Waals surface area contributed by atoms with E-state index < -0.39 is 0 Å². The summed E-state index contributed by atoms with van der Waals surface area (Å²) in [6.45, 7) is 0.695. The highest BCUT2D eigenvalue weighted by atomic mass is 16.5. The molecule has 0 saturated heterocycles. The van der Waals surface area contributed by atoms with Gasteiger partial charge in [-0.05, 0) is 37.0 Å². The standard InChI is InChI=1S/C14H19NO3/c1-16-10-11-4-3-5-12(8-11)18-13-6-7-14(17-2)15-9-13/h6-9,12H,3-5,10H2,1-2H3. The van der Waals surface area contributed by atoms with E-state index in [2.05, 4.69) is 11.1 Å². The maximum absolute atomic E-state index is 5.88. The second-order valence-electron chi connectivity index (χ2n) is 4.34. The average molecular weight is 249 g/mol. The average Bonchev–Trinajstić information content (AvgIpc) is 2.40. The predicted octanol–water partition coefficient (Wildman–Crippen LogP) is 2.59. The Hall–Kier alpha value is -1.55. The van der Waals surface area contributed by atoms with Gasteiger partial charge in [-0.15, -0.1) is 0 Å². The van der Waals surface area contributed by atoms with Gasteiger partial charge in [-0.2, -0.15) is 0 Å². The Morgan fingerprint density at radius 1 is 1.33 bits per heavy atom. The molecule has 0 saturated carbocycles. The first kappa shape index (κ1) is 12.9. The van der Waals surface area contributed by atoms with Crippen molar-refractivity contribution in [1.82, 2.24) is 4.98 Å². The number of pyridine rings is 1. The van der Waals surface area contributed by atoms with Crippen LogP contribution in [-0.2, 0) is 4.74 Å². The lowest BCUT2D eigenvalue weighted by Crippen LogP contribution is -2.19. The first-order valence-corrected chi connectivity index (χ1v) is 6.17. The van der Waals surface area contributed by atoms with Crippen molar-refractivity contribution in [2.24, 2.45) is 0 Å². The second-order valence-corrected chi connectivity index (χ2v) is 4.34. The van der Waals surface area contributed by atoms with Crippen molar-refractivity contribution in [3.05, 3.63) is 30.0 Å². The van der Waals surface area contributed by atoms with E-state index in [1.165, 1.54) is 5.57 Å². The summed E-state index contributed by atoms with van der Waals surface area (Å²) >= 11 is 0. The summed E-state index contributed by atoms with van der Waals surface area (Å²) < 4.78 is 16.1. The molecule has 1 aromatic rings. The monoisotopic (exact) mass is 249 g/mol. The molecule has 98 valence electrons. The van der Waals surface area contributed by atoms with Crippen LogP contribution in [0.25, 0.3) is 0 Å². The predicted molar refractivity (Wildman–Crippen MR) is 69.0 cm³/mol. The van der Waals surface area contributed by atoms with Crippen LogP contribution < -0.4 is 9.47 Å². The molecule has 18 heavy (non-hydrogen) atoms. The van der Waals surface area contributed by atoms with Gasteiger partial charge in [-0.1, -0.05) is 0 Å². The fourth-order valence-corrected chi connectivity index (χ4v) is 2.09. The Morgan fingerprint density at radius 3 is 2.89 bits per heavy atom. The lowest BCUT2D eigenvalue weighted by molar-refractivity contribution is 0.200. The van der Waals surface area contributed by atoms with Crippen molar-refractivity contribution >= 4 is 0 Å². The summed E-state index contributed by atoms with van der Waals surface area (Å²) in [6, 6.07) is 3.68. The van der Waals surface area contributed by atoms with Crippen molar-refractivity contribution in [2.45, 2.75) is 25.4 Å². The lowest BCUT2D eigenvalue weighted by atomic mass is 9.98. The SMILES string of the molecule is COCC1=CC(Oc2ccc(OC)nc2)CCC1. The van der Waals surface area contributed by atoms with E-state index in [0.29, 0.717) is 12.5 Å². The van der Waals surface area contributed by atoms with Gasteiger partial charge in [0.1, 0.15) is 11.9 Å². The topological polar surface area (TPSA) is 40.6 Å². The molecule has 1 aliphatic rings. The molecule has 0 aromatic carbocycles. The van der Waals surface area contributed by atoms with Crippen molar-refractivity contribution in [1.29, 1.82) is 0 Å². The molecular formula is C14H19NO3. The molecule has 0 spiro atoms. The highest BCUT2D eigenvalue weighted by Gasteiger charge is 2.15. The van der Waals surface area contributed by atoms with E-state index in [1.807, 2.05) is 6.07 Å². The van der Waals surface area contributed by atoms with Crippen LogP contribution in [0, 0.1) is 0 Å². The van der Waals surface area contributed by atoms with E-state index in [4.69, 9.17) is 14.2 Å². The van der Waals surface area contributed by atoms with Gasteiger partial charge in [0.25, 0.3) is 0 Å². The van der Waals surface area contributed by atoms with Crippen LogP contribution in [0.3, 0.4) is 0 Å². The number of aromatic nitrogens is 1. The first-order chi connectivity index (χ1) is 8.81. The Kier molecular flexibility index (Phi) is 4.59. The molecule has 4 nitrogen and oxygen atoms in total. The van der Waals surface area contributed by atoms with E-state index >= 15 is 0 Å². The van der Waals surface area contributed by atoms with Crippen LogP contribution in [0.15, 0.2) is 30.0 Å². The fraction of sp³-hybridized carbons (Fsp3) is 0.500. The van der Waals surface area contributed by atoms with E-state index in [9.17, 15) is 0 Å². The van der Waals surface area contributed by atoms with Crippen molar-refractivity contribution in [2.75, 3.05) is 20.8 Å². The van der Waals surface area contributed by atoms with Gasteiger partial charge < -0.3 is 14.2 Å². The minimum atomic E-state index is 0.124. The van der Waals surface area contributed by atoms with Gasteiger partial charge in [0.05, 0.1) is 19.9 Å². The third kappa shape index (κ3) is 3.47. The maximum atomic E-state index is 5.88. The fourth-order valence-electron chi connectivity index (χ4n) is 2.09. The quantitative estimate of drug-likeness (QED) is 0.752. The minimum absolute atomic E-state index is 0.124. The minimum Gasteiger partial charge on any atom is -0.485 e. The molecule has 0 aliphatic heterocycles. The van der Waals surface area contributed by atoms with Gasteiger partial charge in [0.2, 0.25) is 5.88 Å². The summed E-state index contributed by atoms with van der Waals surface area (Å²) in [5.41, 5.74) is 1.32. The Balaban J connectivity index is 1.97. The second kappa shape index (κ2) is 6.40. The number of methoxy groups -OCH3 is 2. The third-order valence-electron chi connectivity index (χ3n) is 2.94. The van der Waals surface area contributed by atoms with E-state index in [0.717, 1.165) is 25.0 Å². The number of ether oxygens (including phenoxy) is 3. The number of nitrogens with zero attached hydrogens (tertiary/aromatic N) is 1. The number of hydrogen-bond acceptors (Lipinski definition) is 4. The van der Waals surface area contributed by atoms with Crippen molar-refractivity contribution < 1.29 is 14.2 Å². The maximum Gasteiger partial charge on any atom is 0.213 e. The third-order valence-corrected chi connectivity index (χ3v) is 2.94. The van der Waals surface area contributed by atoms with E-state index in [1.54, 1.807) is 26.5 Å². The molecule has 0 amide bonds. The van der Waals surface area contributed by atoms with Gasteiger partial charge in [-0.25, -0.2) is 4.98 Å². The van der Waals surface area contributed by atoms with Gasteiger partial charge >= 0.3 is 0 Å². The molecule has 0 fully saturated rings. The zero-order valence-electron chi connectivity index (χ0n) is 10.9. The largest absolute Gasteiger partial charge is 0.485 e. The summed E-state index contributed by atoms with van der Waals surface area (Å²) in [6.07, 6.45) is 7.27. The van der Waals surface area contributed by atoms with Crippen LogP contribution in [0.1, 0.15) is 19.3 Å². The molecule has 1 aromatic heterocycles. The van der Waals surface area contributed by atoms with Crippen LogP contribution in [0.2, 0.25) is 0 Å². The van der Waals surface area contributed by atoms with Crippen LogP contribution in [0.4, 0.5) is 0 Å². The highest BCUT2D eigenvalue weighted by Crippen LogP contribution is 2.23. The zero-order valence-corrected chi connectivity index (χ0v) is 10.9. The van der Waals surface area contributed by atoms with Crippen LogP contribution >= 0.6 is 0 Å². The molecule has 0 radical (unpaired) electrons. The Labute approximate surface area is 108 Å². The summed E-state index contributed by atoms with van der Waals surface area (Å²) in [5.74, 6) is 1.37. The summed E-state index contributed by atoms with van der Waals surface area (Å²) in [4.78, 5) is 4.13. The van der Waals surface area contributed by atoms with Gasteiger partial charge in [0.15, 0.2) is 0 Å². The van der Waals surface area contributed by atoms with Crippen LogP contribution in [0.5, 0.6) is 11.6 Å². The summed E-state index contributed by atoms with van der Waals surface area (Å²) in [7, 11) is 3.32. The Morgan fingerprint density at radius 2 is 2.22 bits per heavy atom. The lowest BCUT2D eigenvalue weighted by Gasteiger charge is -2.22. The summed E-state index contributed by atoms with van der Waals surface area (Å²) in [5, 5.41) is 0. The molecule has 1 atom stereocenters. The normalized spacial score (nSPS) is 19.2. The molecule has 1 aliphatic carbocycles. The smallest absolute Gasteiger partial charge is 0.213 e. The molecule has 1 heterocycles. The van der Waals surface area contributed by atoms with Crippen LogP contribution in [-0.4, -0.2) is 31.9 Å². The number of rotatable bonds is 5.